The predicted octanol–water partition coefficient (Wildman–Crippen LogP) is 3.80. The van der Waals surface area contributed by atoms with E-state index < -0.39 is 5.41 Å². The Morgan fingerprint density at radius 2 is 1.62 bits per heavy atom. The molecule has 26 heavy (non-hydrogen) atoms. The lowest BCUT2D eigenvalue weighted by Gasteiger charge is -2.36. The summed E-state index contributed by atoms with van der Waals surface area (Å²) >= 11 is 6.02. The van der Waals surface area contributed by atoms with E-state index in [4.69, 9.17) is 25.8 Å². The molecule has 0 aromatic heterocycles. The SMILES string of the molecule is O=C(Nc1ccc2c(c1)OCCO2)C1(c2ccc(Cl)cc2)CCOCC1. The van der Waals surface area contributed by atoms with Gasteiger partial charge in [0.2, 0.25) is 5.91 Å². The second-order valence-electron chi connectivity index (χ2n) is 6.51. The molecule has 2 aromatic carbocycles. The summed E-state index contributed by atoms with van der Waals surface area (Å²) in [6.45, 7) is 2.16. The molecule has 0 saturated carbocycles. The Balaban J connectivity index is 1.62. The minimum Gasteiger partial charge on any atom is -0.486 e. The fraction of sp³-hybridized carbons (Fsp3) is 0.350. The van der Waals surface area contributed by atoms with Crippen LogP contribution in [0.4, 0.5) is 5.69 Å². The number of carbonyl (C=O) groups is 1. The Bertz CT molecular complexity index is 800. The molecule has 1 saturated heterocycles. The molecule has 6 heteroatoms. The fourth-order valence-corrected chi connectivity index (χ4v) is 3.63. The molecule has 0 spiro atoms. The number of hydrogen-bond acceptors (Lipinski definition) is 4. The highest BCUT2D eigenvalue weighted by molar-refractivity contribution is 6.30. The molecule has 0 radical (unpaired) electrons. The molecule has 0 aliphatic carbocycles. The van der Waals surface area contributed by atoms with Crippen molar-refractivity contribution in [1.29, 1.82) is 0 Å². The van der Waals surface area contributed by atoms with Crippen LogP contribution in [-0.2, 0) is 14.9 Å². The van der Waals surface area contributed by atoms with Gasteiger partial charge >= 0.3 is 0 Å². The molecule has 136 valence electrons. The molecule has 2 heterocycles. The normalized spacial score (nSPS) is 18.2. The maximum atomic E-state index is 13.3. The van der Waals surface area contributed by atoms with Crippen LogP contribution in [0, 0.1) is 0 Å². The Morgan fingerprint density at radius 1 is 0.923 bits per heavy atom. The van der Waals surface area contributed by atoms with Crippen molar-refractivity contribution in [2.24, 2.45) is 0 Å². The molecule has 0 unspecified atom stereocenters. The van der Waals surface area contributed by atoms with Crippen LogP contribution in [0.25, 0.3) is 0 Å². The molecule has 4 rings (SSSR count). The van der Waals surface area contributed by atoms with Crippen LogP contribution in [0.3, 0.4) is 0 Å². The third-order valence-electron chi connectivity index (χ3n) is 4.98. The van der Waals surface area contributed by atoms with Gasteiger partial charge in [0.15, 0.2) is 11.5 Å². The lowest BCUT2D eigenvalue weighted by molar-refractivity contribution is -0.125. The van der Waals surface area contributed by atoms with E-state index in [0.717, 1.165) is 5.56 Å². The molecule has 1 amide bonds. The van der Waals surface area contributed by atoms with Crippen molar-refractivity contribution in [3.05, 3.63) is 53.1 Å². The summed E-state index contributed by atoms with van der Waals surface area (Å²) in [7, 11) is 0. The highest BCUT2D eigenvalue weighted by atomic mass is 35.5. The van der Waals surface area contributed by atoms with Crippen LogP contribution in [-0.4, -0.2) is 32.3 Å². The Hall–Kier alpha value is -2.24. The van der Waals surface area contributed by atoms with Crippen molar-refractivity contribution in [1.82, 2.24) is 0 Å². The van der Waals surface area contributed by atoms with Crippen LogP contribution in [0.1, 0.15) is 18.4 Å². The van der Waals surface area contributed by atoms with Crippen LogP contribution < -0.4 is 14.8 Å². The standard InChI is InChI=1S/C20H20ClNO4/c21-15-3-1-14(2-4-15)20(7-9-24-10-8-20)19(23)22-16-5-6-17-18(13-16)26-12-11-25-17/h1-6,13H,7-12H2,(H,22,23). The van der Waals surface area contributed by atoms with Crippen molar-refractivity contribution in [2.45, 2.75) is 18.3 Å². The van der Waals surface area contributed by atoms with E-state index in [9.17, 15) is 4.79 Å². The van der Waals surface area contributed by atoms with Gasteiger partial charge in [-0.25, -0.2) is 0 Å². The second kappa shape index (κ2) is 7.17. The van der Waals surface area contributed by atoms with Gasteiger partial charge in [0.05, 0.1) is 5.41 Å². The van der Waals surface area contributed by atoms with Crippen molar-refractivity contribution >= 4 is 23.2 Å². The Kier molecular flexibility index (Phi) is 4.74. The first-order chi connectivity index (χ1) is 12.7. The summed E-state index contributed by atoms with van der Waals surface area (Å²) in [5.41, 5.74) is 1.02. The van der Waals surface area contributed by atoms with E-state index in [1.165, 1.54) is 0 Å². The number of nitrogens with one attached hydrogen (secondary N) is 1. The first kappa shape index (κ1) is 17.2. The quantitative estimate of drug-likeness (QED) is 0.889. The monoisotopic (exact) mass is 373 g/mol. The first-order valence-electron chi connectivity index (χ1n) is 8.72. The third kappa shape index (κ3) is 3.24. The third-order valence-corrected chi connectivity index (χ3v) is 5.23. The molecule has 5 nitrogen and oxygen atoms in total. The van der Waals surface area contributed by atoms with Crippen molar-refractivity contribution in [3.8, 4) is 11.5 Å². The van der Waals surface area contributed by atoms with Crippen LogP contribution in [0.2, 0.25) is 5.02 Å². The number of carbonyl (C=O) groups excluding carboxylic acids is 1. The molecule has 1 fully saturated rings. The summed E-state index contributed by atoms with van der Waals surface area (Å²) < 4.78 is 16.6. The van der Waals surface area contributed by atoms with Crippen LogP contribution in [0.5, 0.6) is 11.5 Å². The van der Waals surface area contributed by atoms with Crippen molar-refractivity contribution in [2.75, 3.05) is 31.7 Å². The summed E-state index contributed by atoms with van der Waals surface area (Å²) in [4.78, 5) is 13.3. The number of benzene rings is 2. The van der Waals surface area contributed by atoms with Gasteiger partial charge in [-0.1, -0.05) is 23.7 Å². The summed E-state index contributed by atoms with van der Waals surface area (Å²) in [5, 5.41) is 3.71. The molecule has 0 bridgehead atoms. The van der Waals surface area contributed by atoms with Gasteiger partial charge in [-0.15, -0.1) is 0 Å². The minimum absolute atomic E-state index is 0.0419. The Morgan fingerprint density at radius 3 is 2.35 bits per heavy atom. The van der Waals surface area contributed by atoms with Crippen molar-refractivity contribution < 1.29 is 19.0 Å². The highest BCUT2D eigenvalue weighted by Gasteiger charge is 2.41. The Labute approximate surface area is 157 Å². The number of rotatable bonds is 3. The second-order valence-corrected chi connectivity index (χ2v) is 6.95. The fourth-order valence-electron chi connectivity index (χ4n) is 3.51. The number of hydrogen-bond donors (Lipinski definition) is 1. The van der Waals surface area contributed by atoms with Gasteiger partial charge in [-0.3, -0.25) is 4.79 Å². The van der Waals surface area contributed by atoms with Gasteiger partial charge in [0, 0.05) is 30.0 Å². The number of ether oxygens (including phenoxy) is 3. The van der Waals surface area contributed by atoms with Gasteiger partial charge in [0.1, 0.15) is 13.2 Å². The summed E-state index contributed by atoms with van der Waals surface area (Å²) in [5.74, 6) is 1.31. The predicted molar refractivity (Wildman–Crippen MR) is 99.2 cm³/mol. The average Bonchev–Trinajstić information content (AvgIpc) is 2.69. The van der Waals surface area contributed by atoms with E-state index >= 15 is 0 Å². The smallest absolute Gasteiger partial charge is 0.235 e. The van der Waals surface area contributed by atoms with Crippen LogP contribution >= 0.6 is 11.6 Å². The van der Waals surface area contributed by atoms with E-state index in [1.807, 2.05) is 36.4 Å². The zero-order valence-electron chi connectivity index (χ0n) is 14.3. The largest absolute Gasteiger partial charge is 0.486 e. The number of anilines is 1. The highest BCUT2D eigenvalue weighted by Crippen LogP contribution is 2.38. The maximum Gasteiger partial charge on any atom is 0.235 e. The molecular weight excluding hydrogens is 354 g/mol. The summed E-state index contributed by atoms with van der Waals surface area (Å²) in [6, 6.07) is 13.0. The maximum absolute atomic E-state index is 13.3. The molecular formula is C20H20ClNO4. The van der Waals surface area contributed by atoms with Gasteiger partial charge in [-0.2, -0.15) is 0 Å². The van der Waals surface area contributed by atoms with E-state index in [-0.39, 0.29) is 5.91 Å². The molecule has 0 atom stereocenters. The zero-order valence-corrected chi connectivity index (χ0v) is 15.1. The molecule has 2 aliphatic rings. The van der Waals surface area contributed by atoms with Crippen LogP contribution in [0.15, 0.2) is 42.5 Å². The minimum atomic E-state index is -0.629. The lowest BCUT2D eigenvalue weighted by Crippen LogP contribution is -2.44. The number of halogens is 1. The van der Waals surface area contributed by atoms with Gasteiger partial charge in [-0.05, 0) is 42.7 Å². The van der Waals surface area contributed by atoms with E-state index in [2.05, 4.69) is 5.32 Å². The average molecular weight is 374 g/mol. The van der Waals surface area contributed by atoms with Gasteiger partial charge < -0.3 is 19.5 Å². The molecule has 2 aliphatic heterocycles. The topological polar surface area (TPSA) is 56.8 Å². The lowest BCUT2D eigenvalue weighted by atomic mass is 9.73. The first-order valence-corrected chi connectivity index (χ1v) is 9.10. The number of fused-ring (bicyclic) bond motifs is 1. The van der Waals surface area contributed by atoms with Crippen molar-refractivity contribution in [3.63, 3.8) is 0 Å². The zero-order chi connectivity index (χ0) is 18.0. The summed E-state index contributed by atoms with van der Waals surface area (Å²) in [6.07, 6.45) is 1.26. The van der Waals surface area contributed by atoms with E-state index in [1.54, 1.807) is 6.07 Å². The molecule has 2 aromatic rings. The molecule has 1 N–H and O–H groups in total. The number of amides is 1. The van der Waals surface area contributed by atoms with E-state index in [0.29, 0.717) is 61.5 Å². The van der Waals surface area contributed by atoms with Gasteiger partial charge in [0.25, 0.3) is 0 Å².